The van der Waals surface area contributed by atoms with Crippen molar-refractivity contribution in [2.24, 2.45) is 0 Å². The van der Waals surface area contributed by atoms with Gasteiger partial charge in [-0.1, -0.05) is 5.92 Å². The first-order chi connectivity index (χ1) is 5.74. The maximum Gasteiger partial charge on any atom is 0.304 e. The van der Waals surface area contributed by atoms with Crippen LogP contribution in [0.2, 0.25) is 0 Å². The summed E-state index contributed by atoms with van der Waals surface area (Å²) in [5.74, 6) is 1.81. The largest absolute Gasteiger partial charge is 0.481 e. The maximum absolute atomic E-state index is 10.4. The van der Waals surface area contributed by atoms with Crippen molar-refractivity contribution < 1.29 is 9.90 Å². The van der Waals surface area contributed by atoms with E-state index >= 15 is 0 Å². The van der Waals surface area contributed by atoms with Crippen LogP contribution in [0, 0.1) is 12.3 Å². The number of hydrogen-bond acceptors (Lipinski definition) is 2. The summed E-state index contributed by atoms with van der Waals surface area (Å²) in [6.07, 6.45) is 7.42. The molecule has 0 aromatic rings. The quantitative estimate of drug-likeness (QED) is 0.624. The number of carboxylic acids is 1. The monoisotopic (exact) mass is 167 g/mol. The first-order valence-corrected chi connectivity index (χ1v) is 4.13. The Labute approximate surface area is 72.4 Å². The number of likely N-dealkylation sites (tertiary alicyclic amines) is 1. The third kappa shape index (κ3) is 2.24. The molecule has 3 nitrogen and oxygen atoms in total. The third-order valence-corrected chi connectivity index (χ3v) is 2.20. The third-order valence-electron chi connectivity index (χ3n) is 2.20. The lowest BCUT2D eigenvalue weighted by Crippen LogP contribution is -2.31. The molecule has 1 aliphatic rings. The minimum atomic E-state index is -0.732. The van der Waals surface area contributed by atoms with Gasteiger partial charge in [-0.3, -0.25) is 9.69 Å². The highest BCUT2D eigenvalue weighted by atomic mass is 16.4. The molecule has 1 rings (SSSR count). The molecule has 1 atom stereocenters. The normalized spacial score (nSPS) is 23.8. The van der Waals surface area contributed by atoms with E-state index in [1.807, 2.05) is 0 Å². The fourth-order valence-corrected chi connectivity index (χ4v) is 1.65. The highest BCUT2D eigenvalue weighted by molar-refractivity contribution is 5.67. The van der Waals surface area contributed by atoms with Crippen LogP contribution in [0.1, 0.15) is 19.3 Å². The van der Waals surface area contributed by atoms with Gasteiger partial charge in [0.25, 0.3) is 0 Å². The maximum atomic E-state index is 10.4. The van der Waals surface area contributed by atoms with Gasteiger partial charge in [0.1, 0.15) is 0 Å². The lowest BCUT2D eigenvalue weighted by atomic mass is 10.1. The molecule has 12 heavy (non-hydrogen) atoms. The number of nitrogens with zero attached hydrogens (tertiary/aromatic N) is 1. The SMILES string of the molecule is C#CCN1CCCC1CC(=O)O. The zero-order valence-corrected chi connectivity index (χ0v) is 6.99. The van der Waals surface area contributed by atoms with Gasteiger partial charge < -0.3 is 5.11 Å². The second kappa shape index (κ2) is 4.13. The predicted molar refractivity (Wildman–Crippen MR) is 45.7 cm³/mol. The molecule has 0 saturated carbocycles. The van der Waals surface area contributed by atoms with Crippen molar-refractivity contribution in [2.75, 3.05) is 13.1 Å². The van der Waals surface area contributed by atoms with E-state index in [-0.39, 0.29) is 12.5 Å². The molecular formula is C9H13NO2. The van der Waals surface area contributed by atoms with Crippen LogP contribution in [0.25, 0.3) is 0 Å². The molecule has 0 radical (unpaired) electrons. The summed E-state index contributed by atoms with van der Waals surface area (Å²) >= 11 is 0. The molecule has 0 bridgehead atoms. The number of carboxylic acid groups (broad SMARTS) is 1. The summed E-state index contributed by atoms with van der Waals surface area (Å²) in [6.45, 7) is 1.53. The van der Waals surface area contributed by atoms with E-state index in [0.717, 1.165) is 19.4 Å². The van der Waals surface area contributed by atoms with Crippen molar-refractivity contribution in [3.63, 3.8) is 0 Å². The molecule has 1 heterocycles. The average Bonchev–Trinajstić information content (AvgIpc) is 2.37. The second-order valence-corrected chi connectivity index (χ2v) is 3.07. The Kier molecular flexibility index (Phi) is 3.12. The van der Waals surface area contributed by atoms with Gasteiger partial charge >= 0.3 is 5.97 Å². The Bertz CT molecular complexity index is 207. The van der Waals surface area contributed by atoms with Crippen LogP contribution in [0.3, 0.4) is 0 Å². The molecule has 1 N–H and O–H groups in total. The standard InChI is InChI=1S/C9H13NO2/c1-2-5-10-6-3-4-8(10)7-9(11)12/h1,8H,3-7H2,(H,11,12). The lowest BCUT2D eigenvalue weighted by molar-refractivity contribution is -0.138. The lowest BCUT2D eigenvalue weighted by Gasteiger charge is -2.19. The van der Waals surface area contributed by atoms with E-state index in [4.69, 9.17) is 11.5 Å². The van der Waals surface area contributed by atoms with Crippen molar-refractivity contribution in [3.05, 3.63) is 0 Å². The number of carbonyl (C=O) groups is 1. The van der Waals surface area contributed by atoms with E-state index in [0.29, 0.717) is 6.54 Å². The number of terminal acetylenes is 1. The molecule has 3 heteroatoms. The van der Waals surface area contributed by atoms with E-state index in [9.17, 15) is 4.79 Å². The first kappa shape index (κ1) is 9.08. The topological polar surface area (TPSA) is 40.5 Å². The molecular weight excluding hydrogens is 154 g/mol. The average molecular weight is 167 g/mol. The van der Waals surface area contributed by atoms with Gasteiger partial charge in [-0.05, 0) is 19.4 Å². The van der Waals surface area contributed by atoms with E-state index in [1.165, 1.54) is 0 Å². The van der Waals surface area contributed by atoms with Gasteiger partial charge in [-0.2, -0.15) is 0 Å². The van der Waals surface area contributed by atoms with Gasteiger partial charge in [-0.15, -0.1) is 6.42 Å². The Hall–Kier alpha value is -1.01. The van der Waals surface area contributed by atoms with Crippen LogP contribution in [-0.4, -0.2) is 35.1 Å². The van der Waals surface area contributed by atoms with E-state index in [2.05, 4.69) is 10.8 Å². The fourth-order valence-electron chi connectivity index (χ4n) is 1.65. The van der Waals surface area contributed by atoms with Crippen LogP contribution >= 0.6 is 0 Å². The van der Waals surface area contributed by atoms with Crippen molar-refractivity contribution in [1.82, 2.24) is 4.90 Å². The van der Waals surface area contributed by atoms with Crippen LogP contribution in [0.4, 0.5) is 0 Å². The molecule has 0 aromatic carbocycles. The molecule has 0 spiro atoms. The summed E-state index contributed by atoms with van der Waals surface area (Å²) in [5.41, 5.74) is 0. The highest BCUT2D eigenvalue weighted by Crippen LogP contribution is 2.18. The molecule has 1 unspecified atom stereocenters. The zero-order valence-electron chi connectivity index (χ0n) is 6.99. The summed E-state index contributed by atoms with van der Waals surface area (Å²) in [4.78, 5) is 12.5. The van der Waals surface area contributed by atoms with Crippen molar-refractivity contribution in [2.45, 2.75) is 25.3 Å². The smallest absolute Gasteiger partial charge is 0.304 e. The van der Waals surface area contributed by atoms with Crippen molar-refractivity contribution >= 4 is 5.97 Å². The minimum Gasteiger partial charge on any atom is -0.481 e. The summed E-state index contributed by atoms with van der Waals surface area (Å²) < 4.78 is 0. The van der Waals surface area contributed by atoms with Crippen LogP contribution < -0.4 is 0 Å². The van der Waals surface area contributed by atoms with E-state index < -0.39 is 5.97 Å². The number of rotatable bonds is 3. The zero-order chi connectivity index (χ0) is 8.97. The van der Waals surface area contributed by atoms with Crippen LogP contribution in [0.15, 0.2) is 0 Å². The Morgan fingerprint density at radius 3 is 3.08 bits per heavy atom. The van der Waals surface area contributed by atoms with Gasteiger partial charge in [0.2, 0.25) is 0 Å². The Morgan fingerprint density at radius 2 is 2.50 bits per heavy atom. The van der Waals surface area contributed by atoms with Crippen LogP contribution in [-0.2, 0) is 4.79 Å². The van der Waals surface area contributed by atoms with Crippen molar-refractivity contribution in [3.8, 4) is 12.3 Å². The Morgan fingerprint density at radius 1 is 1.75 bits per heavy atom. The van der Waals surface area contributed by atoms with Gasteiger partial charge in [0.05, 0.1) is 13.0 Å². The van der Waals surface area contributed by atoms with Gasteiger partial charge in [0, 0.05) is 6.04 Å². The molecule has 1 fully saturated rings. The highest BCUT2D eigenvalue weighted by Gasteiger charge is 2.25. The van der Waals surface area contributed by atoms with Gasteiger partial charge in [-0.25, -0.2) is 0 Å². The Balaban J connectivity index is 2.41. The molecule has 1 aliphatic heterocycles. The van der Waals surface area contributed by atoms with E-state index in [1.54, 1.807) is 0 Å². The second-order valence-electron chi connectivity index (χ2n) is 3.07. The van der Waals surface area contributed by atoms with Crippen LogP contribution in [0.5, 0.6) is 0 Å². The predicted octanol–water partition coefficient (Wildman–Crippen LogP) is 0.559. The summed E-state index contributed by atoms with van der Waals surface area (Å²) in [5, 5.41) is 8.58. The fraction of sp³-hybridized carbons (Fsp3) is 0.667. The number of aliphatic carboxylic acids is 1. The molecule has 0 aromatic heterocycles. The number of hydrogen-bond donors (Lipinski definition) is 1. The molecule has 0 amide bonds. The first-order valence-electron chi connectivity index (χ1n) is 4.13. The summed E-state index contributed by atoms with van der Waals surface area (Å²) in [6, 6.07) is 0.165. The van der Waals surface area contributed by atoms with Gasteiger partial charge in [0.15, 0.2) is 0 Å². The minimum absolute atomic E-state index is 0.165. The molecule has 66 valence electrons. The van der Waals surface area contributed by atoms with Crippen molar-refractivity contribution in [1.29, 1.82) is 0 Å². The summed E-state index contributed by atoms with van der Waals surface area (Å²) in [7, 11) is 0. The molecule has 1 saturated heterocycles. The molecule has 0 aliphatic carbocycles.